The van der Waals surface area contributed by atoms with E-state index >= 15 is 0 Å². The maximum atomic E-state index is 13.0. The molecule has 10 nitrogen and oxygen atoms in total. The summed E-state index contributed by atoms with van der Waals surface area (Å²) in [6, 6.07) is 0. The Hall–Kier alpha value is 0.120. The van der Waals surface area contributed by atoms with E-state index in [4.69, 9.17) is 18.5 Å². The van der Waals surface area contributed by atoms with Gasteiger partial charge in [-0.15, -0.1) is 0 Å². The van der Waals surface area contributed by atoms with Crippen molar-refractivity contribution in [1.82, 2.24) is 10.6 Å². The fraction of sp³-hybridized carbons (Fsp3) is 0.960. The highest BCUT2D eigenvalue weighted by Gasteiger charge is 2.47. The zero-order chi connectivity index (χ0) is 27.7. The van der Waals surface area contributed by atoms with Crippen LogP contribution >= 0.6 is 31.3 Å². The third-order valence-corrected chi connectivity index (χ3v) is 11.7. The Morgan fingerprint density at radius 3 is 2.66 bits per heavy atom. The van der Waals surface area contributed by atoms with Gasteiger partial charge in [0.05, 0.1) is 41.5 Å². The molecular weight excluding hydrogens is 551 g/mol. The lowest BCUT2D eigenvalue weighted by atomic mass is 10.0. The first-order chi connectivity index (χ1) is 18.1. The molecule has 3 aliphatic heterocycles. The number of amides is 1. The van der Waals surface area contributed by atoms with Crippen LogP contribution in [-0.2, 0) is 27.9 Å². The molecule has 4 unspecified atom stereocenters. The van der Waals surface area contributed by atoms with E-state index in [9.17, 15) is 19.4 Å². The number of hydrogen-bond acceptors (Lipinski definition) is 10. The van der Waals surface area contributed by atoms with E-state index in [0.29, 0.717) is 25.3 Å². The normalized spacial score (nSPS) is 42.7. The van der Waals surface area contributed by atoms with E-state index in [1.165, 1.54) is 0 Å². The molecule has 0 spiro atoms. The van der Waals surface area contributed by atoms with Crippen LogP contribution < -0.4 is 10.6 Å². The molecule has 1 amide bonds. The number of ether oxygens (including phenoxy) is 2. The highest BCUT2D eigenvalue weighted by Crippen LogP contribution is 2.50. The summed E-state index contributed by atoms with van der Waals surface area (Å²) in [4.78, 5) is 23.0. The van der Waals surface area contributed by atoms with Gasteiger partial charge in [-0.05, 0) is 77.0 Å². The van der Waals surface area contributed by atoms with Gasteiger partial charge < -0.3 is 30.1 Å². The van der Waals surface area contributed by atoms with E-state index in [-0.39, 0.29) is 41.3 Å². The molecule has 222 valence electrons. The minimum Gasteiger partial charge on any atom is -0.389 e. The van der Waals surface area contributed by atoms with Crippen LogP contribution in [0.25, 0.3) is 0 Å². The molecule has 3 aliphatic rings. The second kappa shape index (κ2) is 15.9. The van der Waals surface area contributed by atoms with Gasteiger partial charge in [-0.1, -0.05) is 6.92 Å². The minimum absolute atomic E-state index is 0.0755. The van der Waals surface area contributed by atoms with Crippen molar-refractivity contribution in [3.05, 3.63) is 0 Å². The van der Waals surface area contributed by atoms with E-state index in [0.717, 1.165) is 43.7 Å². The predicted molar refractivity (Wildman–Crippen MR) is 152 cm³/mol. The highest BCUT2D eigenvalue weighted by molar-refractivity contribution is 8.00. The van der Waals surface area contributed by atoms with Gasteiger partial charge in [-0.2, -0.15) is 23.5 Å². The number of phosphoric ester groups is 1. The molecule has 0 saturated carbocycles. The lowest BCUT2D eigenvalue weighted by Gasteiger charge is -2.27. The standard InChI is InChI=1S/C25H47N2O8PS2/c1-5-19-23-25(17(3)33-19)38-15-18(9-11-26-4)10-12-27-21(28)8-6-7-13-37-24-16(2)34-20(22(24)29)14-32-36(30,31)35-23/h16-20,22-26,29H,5-15H2,1-4H3,(H,27,28)(H,30,31)/t16-,17-,18?,19+,20+,22?,23?,24+,25+/m0/s1. The molecule has 38 heavy (non-hydrogen) atoms. The number of aliphatic hydroxyl groups is 1. The number of hydrogen-bond donors (Lipinski definition) is 4. The molecule has 4 N–H and O–H groups in total. The summed E-state index contributed by atoms with van der Waals surface area (Å²) in [5.74, 6) is 2.05. The van der Waals surface area contributed by atoms with Gasteiger partial charge in [0.2, 0.25) is 5.91 Å². The van der Waals surface area contributed by atoms with Gasteiger partial charge >= 0.3 is 7.82 Å². The van der Waals surface area contributed by atoms with Crippen LogP contribution in [0, 0.1) is 5.92 Å². The fourth-order valence-corrected chi connectivity index (χ4v) is 9.25. The van der Waals surface area contributed by atoms with Crippen molar-refractivity contribution in [3.8, 4) is 0 Å². The summed E-state index contributed by atoms with van der Waals surface area (Å²) in [6.45, 7) is 7.09. The van der Waals surface area contributed by atoms with Crippen LogP contribution in [0.2, 0.25) is 0 Å². The van der Waals surface area contributed by atoms with Crippen molar-refractivity contribution in [3.63, 3.8) is 0 Å². The number of phosphoric acid groups is 1. The second-order valence-electron chi connectivity index (χ2n) is 10.5. The van der Waals surface area contributed by atoms with Gasteiger partial charge in [0.15, 0.2) is 0 Å². The smallest absolute Gasteiger partial charge is 0.389 e. The zero-order valence-electron chi connectivity index (χ0n) is 23.1. The summed E-state index contributed by atoms with van der Waals surface area (Å²) < 4.78 is 36.2. The number of fused-ring (bicyclic) bond motifs is 3. The molecule has 3 fully saturated rings. The van der Waals surface area contributed by atoms with Gasteiger partial charge in [0.25, 0.3) is 0 Å². The summed E-state index contributed by atoms with van der Waals surface area (Å²) in [7, 11) is -2.50. The molecule has 3 rings (SSSR count). The molecule has 13 heteroatoms. The van der Waals surface area contributed by atoms with Crippen molar-refractivity contribution in [2.24, 2.45) is 5.92 Å². The number of carbonyl (C=O) groups is 1. The van der Waals surface area contributed by atoms with E-state index < -0.39 is 26.1 Å². The van der Waals surface area contributed by atoms with E-state index in [2.05, 4.69) is 10.6 Å². The van der Waals surface area contributed by atoms with Crippen molar-refractivity contribution in [2.75, 3.05) is 38.2 Å². The van der Waals surface area contributed by atoms with Gasteiger partial charge in [-0.3, -0.25) is 13.8 Å². The molecule has 3 saturated heterocycles. The maximum Gasteiger partial charge on any atom is 0.472 e. The first-order valence-electron chi connectivity index (χ1n) is 13.9. The molecule has 0 radical (unpaired) electrons. The Labute approximate surface area is 236 Å². The van der Waals surface area contributed by atoms with Gasteiger partial charge in [0.1, 0.15) is 12.2 Å². The maximum absolute atomic E-state index is 13.0. The summed E-state index contributed by atoms with van der Waals surface area (Å²) in [5.41, 5.74) is 0. The Bertz CT molecular complexity index is 784. The Kier molecular flexibility index (Phi) is 13.7. The third-order valence-electron chi connectivity index (χ3n) is 7.48. The van der Waals surface area contributed by atoms with Crippen LogP contribution in [0.5, 0.6) is 0 Å². The molecule has 0 aromatic carbocycles. The number of rotatable bonds is 4. The molecular formula is C25H47N2O8PS2. The quantitative estimate of drug-likeness (QED) is 0.356. The lowest BCUT2D eigenvalue weighted by Crippen LogP contribution is -2.34. The SMILES string of the molecule is CC[C@H]1O[C@@H](C)[C@H]2SCC(CCNC)CCNC(=O)CCCCS[C@H]3C(O)[C@@H](COP(=O)(O)OC12)O[C@H]3C. The Morgan fingerprint density at radius 2 is 1.92 bits per heavy atom. The first kappa shape index (κ1) is 32.6. The lowest BCUT2D eigenvalue weighted by molar-refractivity contribution is -0.121. The zero-order valence-corrected chi connectivity index (χ0v) is 25.6. The molecule has 0 aliphatic carbocycles. The van der Waals surface area contributed by atoms with Crippen LogP contribution in [0.1, 0.15) is 59.3 Å². The van der Waals surface area contributed by atoms with E-state index in [1.54, 1.807) is 23.5 Å². The number of aliphatic hydroxyl groups excluding tert-OH is 1. The number of thioether (sulfide) groups is 2. The van der Waals surface area contributed by atoms with Crippen molar-refractivity contribution in [2.45, 2.75) is 106 Å². The van der Waals surface area contributed by atoms with Gasteiger partial charge in [0, 0.05) is 13.0 Å². The Morgan fingerprint density at radius 1 is 1.16 bits per heavy atom. The fourth-order valence-electron chi connectivity index (χ4n) is 5.26. The summed E-state index contributed by atoms with van der Waals surface area (Å²) in [6.07, 6.45) is 1.75. The second-order valence-corrected chi connectivity index (χ2v) is 14.4. The molecule has 2 bridgehead atoms. The van der Waals surface area contributed by atoms with Crippen LogP contribution in [-0.4, -0.2) is 101 Å². The third kappa shape index (κ3) is 9.60. The molecule has 3 heterocycles. The van der Waals surface area contributed by atoms with Crippen molar-refractivity contribution < 1.29 is 37.9 Å². The first-order valence-corrected chi connectivity index (χ1v) is 17.5. The van der Waals surface area contributed by atoms with Crippen LogP contribution in [0.3, 0.4) is 0 Å². The highest BCUT2D eigenvalue weighted by atomic mass is 32.2. The molecule has 10 atom stereocenters. The summed E-state index contributed by atoms with van der Waals surface area (Å²) >= 11 is 3.30. The van der Waals surface area contributed by atoms with E-state index in [1.807, 2.05) is 27.8 Å². The summed E-state index contributed by atoms with van der Waals surface area (Å²) in [5, 5.41) is 16.8. The monoisotopic (exact) mass is 598 g/mol. The number of carbonyl (C=O) groups excluding carboxylic acids is 1. The largest absolute Gasteiger partial charge is 0.472 e. The predicted octanol–water partition coefficient (Wildman–Crippen LogP) is 2.95. The Balaban J connectivity index is 1.73. The van der Waals surface area contributed by atoms with Crippen molar-refractivity contribution in [1.29, 1.82) is 0 Å². The topological polar surface area (TPSA) is 136 Å². The van der Waals surface area contributed by atoms with Gasteiger partial charge in [-0.25, -0.2) is 4.57 Å². The minimum atomic E-state index is -4.43. The van der Waals surface area contributed by atoms with Crippen LogP contribution in [0.15, 0.2) is 0 Å². The van der Waals surface area contributed by atoms with Crippen LogP contribution in [0.4, 0.5) is 0 Å². The average Bonchev–Trinajstić information content (AvgIpc) is 3.32. The molecule has 0 aromatic rings. The molecule has 0 aromatic heterocycles. The van der Waals surface area contributed by atoms with Crippen molar-refractivity contribution >= 4 is 37.3 Å². The average molecular weight is 599 g/mol. The number of nitrogens with one attached hydrogen (secondary N) is 2.